The highest BCUT2D eigenvalue weighted by Gasteiger charge is 2.71. The molecule has 4 unspecified atom stereocenters. The fourth-order valence-corrected chi connectivity index (χ4v) is 6.91. The average Bonchev–Trinajstić information content (AvgIpc) is 3.21. The highest BCUT2D eigenvalue weighted by molar-refractivity contribution is 8.00. The van der Waals surface area contributed by atoms with Crippen LogP contribution in [0.5, 0.6) is 0 Å². The van der Waals surface area contributed by atoms with Gasteiger partial charge in [-0.2, -0.15) is 11.8 Å². The summed E-state index contributed by atoms with van der Waals surface area (Å²) in [4.78, 5) is 23.9. The Morgan fingerprint density at radius 2 is 1.75 bits per heavy atom. The lowest BCUT2D eigenvalue weighted by Crippen LogP contribution is -2.79. The number of rotatable bonds is 7. The summed E-state index contributed by atoms with van der Waals surface area (Å²) in [5.74, 6) is 0.597. The van der Waals surface area contributed by atoms with E-state index in [0.29, 0.717) is 18.1 Å². The molecule has 6 atom stereocenters. The lowest BCUT2D eigenvalue weighted by molar-refractivity contribution is -0.379. The van der Waals surface area contributed by atoms with E-state index in [9.17, 15) is 19.8 Å². The molecule has 0 spiro atoms. The van der Waals surface area contributed by atoms with E-state index in [-0.39, 0.29) is 30.7 Å². The zero-order chi connectivity index (χ0) is 24.2. The van der Waals surface area contributed by atoms with Gasteiger partial charge in [0, 0.05) is 22.8 Å². The second-order valence-electron chi connectivity index (χ2n) is 11.1. The molecule has 0 saturated carbocycles. The first-order valence-electron chi connectivity index (χ1n) is 11.5. The zero-order valence-corrected chi connectivity index (χ0v) is 21.2. The van der Waals surface area contributed by atoms with Crippen molar-refractivity contribution in [3.63, 3.8) is 0 Å². The molecular weight excluding hydrogens is 432 g/mol. The van der Waals surface area contributed by atoms with Crippen LogP contribution in [-0.4, -0.2) is 74.3 Å². The molecule has 184 valence electrons. The molecule has 0 radical (unpaired) electrons. The third-order valence-corrected chi connectivity index (χ3v) is 10.2. The van der Waals surface area contributed by atoms with Crippen LogP contribution in [0.4, 0.5) is 4.79 Å². The van der Waals surface area contributed by atoms with Gasteiger partial charge in [-0.15, -0.1) is 0 Å². The minimum atomic E-state index is -1.45. The fraction of sp³-hybridized carbons (Fsp3) is 0.913. The van der Waals surface area contributed by atoms with E-state index in [1.807, 2.05) is 25.6 Å². The molecule has 0 aromatic heterocycles. The van der Waals surface area contributed by atoms with Crippen molar-refractivity contribution >= 4 is 23.8 Å². The summed E-state index contributed by atoms with van der Waals surface area (Å²) in [5, 5.41) is 28.9. The normalized spacial score (nSPS) is 42.2. The van der Waals surface area contributed by atoms with E-state index in [2.05, 4.69) is 10.6 Å². The van der Waals surface area contributed by atoms with E-state index in [1.54, 1.807) is 34.6 Å². The fourth-order valence-electron chi connectivity index (χ4n) is 5.37. The molecule has 32 heavy (non-hydrogen) atoms. The predicted molar refractivity (Wildman–Crippen MR) is 124 cm³/mol. The van der Waals surface area contributed by atoms with Crippen LogP contribution in [0.15, 0.2) is 0 Å². The summed E-state index contributed by atoms with van der Waals surface area (Å²) >= 11 is 1.86. The number of hydrogen-bond acceptors (Lipinski definition) is 7. The number of urea groups is 1. The smallest absolute Gasteiger partial charge is 0.315 e. The minimum absolute atomic E-state index is 0.0870. The molecule has 0 bridgehead atoms. The van der Waals surface area contributed by atoms with Crippen LogP contribution in [0.25, 0.3) is 0 Å². The number of carbonyl (C=O) groups excluding carboxylic acids is 2. The van der Waals surface area contributed by atoms with Crippen molar-refractivity contribution < 1.29 is 29.3 Å². The Kier molecular flexibility index (Phi) is 6.66. The molecule has 2 amide bonds. The highest BCUT2D eigenvalue weighted by atomic mass is 32.2. The number of nitrogens with one attached hydrogen (secondary N) is 2. The van der Waals surface area contributed by atoms with Gasteiger partial charge in [0.1, 0.15) is 17.8 Å². The lowest BCUT2D eigenvalue weighted by Gasteiger charge is -2.66. The number of carbonyl (C=O) groups is 2. The van der Waals surface area contributed by atoms with Crippen LogP contribution in [0.3, 0.4) is 0 Å². The Hall–Kier alpha value is -1.03. The average molecular weight is 473 g/mol. The number of amides is 2. The van der Waals surface area contributed by atoms with Gasteiger partial charge >= 0.3 is 12.0 Å². The number of fused-ring (bicyclic) bond motifs is 1. The largest absolute Gasteiger partial charge is 0.462 e. The molecule has 9 heteroatoms. The Morgan fingerprint density at radius 3 is 2.41 bits per heavy atom. The van der Waals surface area contributed by atoms with Gasteiger partial charge in [0.2, 0.25) is 0 Å². The second-order valence-corrected chi connectivity index (χ2v) is 12.4. The van der Waals surface area contributed by atoms with E-state index in [4.69, 9.17) is 9.47 Å². The van der Waals surface area contributed by atoms with Gasteiger partial charge in [0.05, 0.1) is 23.3 Å². The number of esters is 1. The van der Waals surface area contributed by atoms with Gasteiger partial charge in [-0.1, -0.05) is 20.3 Å². The summed E-state index contributed by atoms with van der Waals surface area (Å²) < 4.78 is 11.8. The monoisotopic (exact) mass is 472 g/mol. The van der Waals surface area contributed by atoms with Crippen molar-refractivity contribution in [2.75, 3.05) is 12.4 Å². The number of hydrogen-bond donors (Lipinski definition) is 4. The molecular formula is C23H40N2O6S. The SMILES string of the molecule is CC1(C)OC(C)(COC(=O)CCCCC2SC[C@@H]3NC(=O)N[C@H]23)C(C)(O)C(C)(C)C1(C)O. The van der Waals surface area contributed by atoms with Gasteiger partial charge < -0.3 is 30.3 Å². The Bertz CT molecular complexity index is 753. The zero-order valence-electron chi connectivity index (χ0n) is 20.4. The number of thioether (sulfide) groups is 1. The number of unbranched alkanes of at least 4 members (excludes halogenated alkanes) is 1. The van der Waals surface area contributed by atoms with Crippen LogP contribution in [-0.2, 0) is 14.3 Å². The second kappa shape index (κ2) is 8.32. The summed E-state index contributed by atoms with van der Waals surface area (Å²) in [6.45, 7) is 12.1. The Balaban J connectivity index is 1.49. The first-order chi connectivity index (χ1) is 14.6. The van der Waals surface area contributed by atoms with Crippen LogP contribution in [0.2, 0.25) is 0 Å². The molecule has 3 aliphatic heterocycles. The van der Waals surface area contributed by atoms with Crippen molar-refractivity contribution in [2.24, 2.45) is 5.41 Å². The summed E-state index contributed by atoms with van der Waals surface area (Å²) in [5.41, 5.74) is -5.82. The molecule has 0 aromatic carbocycles. The van der Waals surface area contributed by atoms with Crippen molar-refractivity contribution in [3.8, 4) is 0 Å². The topological polar surface area (TPSA) is 117 Å². The van der Waals surface area contributed by atoms with Crippen molar-refractivity contribution in [1.29, 1.82) is 0 Å². The third kappa shape index (κ3) is 4.03. The van der Waals surface area contributed by atoms with Crippen molar-refractivity contribution in [3.05, 3.63) is 0 Å². The Morgan fingerprint density at radius 1 is 1.09 bits per heavy atom. The van der Waals surface area contributed by atoms with E-state index in [1.165, 1.54) is 0 Å². The summed E-state index contributed by atoms with van der Waals surface area (Å²) in [6, 6.07) is 0.297. The first kappa shape index (κ1) is 25.6. The van der Waals surface area contributed by atoms with Gasteiger partial charge in [-0.3, -0.25) is 4.79 Å². The molecule has 3 fully saturated rings. The molecule has 8 nitrogen and oxygen atoms in total. The number of ether oxygens (including phenoxy) is 2. The molecule has 3 aliphatic rings. The predicted octanol–water partition coefficient (Wildman–Crippen LogP) is 2.35. The van der Waals surface area contributed by atoms with Crippen LogP contribution in [0.1, 0.15) is 74.1 Å². The van der Waals surface area contributed by atoms with Gasteiger partial charge in [0.25, 0.3) is 0 Å². The van der Waals surface area contributed by atoms with Gasteiger partial charge in [0.15, 0.2) is 0 Å². The third-order valence-electron chi connectivity index (χ3n) is 8.68. The molecule has 0 aromatic rings. The summed E-state index contributed by atoms with van der Waals surface area (Å²) in [6.07, 6.45) is 2.81. The van der Waals surface area contributed by atoms with Crippen molar-refractivity contribution in [1.82, 2.24) is 10.6 Å². The van der Waals surface area contributed by atoms with Crippen LogP contribution < -0.4 is 10.6 Å². The van der Waals surface area contributed by atoms with Crippen LogP contribution >= 0.6 is 11.8 Å². The molecule has 0 aliphatic carbocycles. The molecule has 3 heterocycles. The Labute approximate surface area is 195 Å². The standard InChI is InChI=1S/C23H40N2O6S/c1-19(2)22(6,28)20(3,4)31-21(5,23(19,7)29)13-30-16(26)11-9-8-10-15-17-14(12-32-15)24-18(27)25-17/h14-15,17,28-29H,8-13H2,1-7H3,(H2,24,25,27)/t14-,15?,17-,21?,22?,23?/m0/s1. The molecule has 4 N–H and O–H groups in total. The lowest BCUT2D eigenvalue weighted by atomic mass is 9.53. The maximum absolute atomic E-state index is 12.4. The van der Waals surface area contributed by atoms with E-state index in [0.717, 1.165) is 18.6 Å². The maximum atomic E-state index is 12.4. The quantitative estimate of drug-likeness (QED) is 0.255. The van der Waals surface area contributed by atoms with Gasteiger partial charge in [-0.25, -0.2) is 4.79 Å². The van der Waals surface area contributed by atoms with Crippen LogP contribution in [0, 0.1) is 5.41 Å². The van der Waals surface area contributed by atoms with E-state index >= 15 is 0 Å². The number of aliphatic hydroxyl groups is 2. The van der Waals surface area contributed by atoms with Crippen molar-refractivity contribution in [2.45, 2.75) is 114 Å². The summed E-state index contributed by atoms with van der Waals surface area (Å²) in [7, 11) is 0. The minimum Gasteiger partial charge on any atom is -0.462 e. The maximum Gasteiger partial charge on any atom is 0.315 e. The van der Waals surface area contributed by atoms with E-state index < -0.39 is 27.8 Å². The first-order valence-corrected chi connectivity index (χ1v) is 12.6. The molecule has 3 saturated heterocycles. The molecule has 3 rings (SSSR count). The highest BCUT2D eigenvalue weighted by Crippen LogP contribution is 2.57. The van der Waals surface area contributed by atoms with Gasteiger partial charge in [-0.05, 0) is 47.5 Å².